The number of hydrogen-bond acceptors (Lipinski definition) is 3. The van der Waals surface area contributed by atoms with E-state index < -0.39 is 6.10 Å². The first-order chi connectivity index (χ1) is 11.1. The molecular formula is C19H21Cl2NO2. The van der Waals surface area contributed by atoms with Crippen LogP contribution < -0.4 is 5.32 Å². The predicted octanol–water partition coefficient (Wildman–Crippen LogP) is 3.83. The van der Waals surface area contributed by atoms with Gasteiger partial charge in [-0.2, -0.15) is 0 Å². The third-order valence-electron chi connectivity index (χ3n) is 4.40. The van der Waals surface area contributed by atoms with Gasteiger partial charge >= 0.3 is 0 Å². The molecule has 0 amide bonds. The molecule has 2 N–H and O–H groups in total. The van der Waals surface area contributed by atoms with E-state index in [-0.39, 0.29) is 24.1 Å². The number of halogens is 2. The molecule has 1 aliphatic carbocycles. The lowest BCUT2D eigenvalue weighted by molar-refractivity contribution is 0.0895. The monoisotopic (exact) mass is 365 g/mol. The molecule has 0 saturated carbocycles. The van der Waals surface area contributed by atoms with Crippen molar-refractivity contribution in [1.82, 2.24) is 5.32 Å². The van der Waals surface area contributed by atoms with Crippen molar-refractivity contribution >= 4 is 29.8 Å². The van der Waals surface area contributed by atoms with Crippen LogP contribution in [-0.4, -0.2) is 24.0 Å². The van der Waals surface area contributed by atoms with Gasteiger partial charge < -0.3 is 10.4 Å². The fraction of sp³-hybridized carbons (Fsp3) is 0.316. The second kappa shape index (κ2) is 8.63. The predicted molar refractivity (Wildman–Crippen MR) is 99.1 cm³/mol. The van der Waals surface area contributed by atoms with Crippen molar-refractivity contribution in [3.8, 4) is 0 Å². The maximum Gasteiger partial charge on any atom is 0.167 e. The molecule has 2 aromatic carbocycles. The molecule has 0 aromatic heterocycles. The third kappa shape index (κ3) is 4.37. The Morgan fingerprint density at radius 2 is 1.88 bits per heavy atom. The molecule has 3 nitrogen and oxygen atoms in total. The first kappa shape index (κ1) is 18.9. The highest BCUT2D eigenvalue weighted by atomic mass is 35.5. The molecule has 0 fully saturated rings. The molecule has 0 spiro atoms. The number of aliphatic hydroxyl groups excluding tert-OH is 1. The van der Waals surface area contributed by atoms with Crippen LogP contribution in [0.2, 0.25) is 5.02 Å². The summed E-state index contributed by atoms with van der Waals surface area (Å²) in [7, 11) is 0. The van der Waals surface area contributed by atoms with Gasteiger partial charge in [-0.05, 0) is 36.1 Å². The van der Waals surface area contributed by atoms with E-state index in [1.54, 1.807) is 12.1 Å². The Balaban J connectivity index is 0.00000208. The number of benzene rings is 2. The number of ketones is 1. The molecule has 0 heterocycles. The lowest BCUT2D eigenvalue weighted by Gasteiger charge is -2.24. The van der Waals surface area contributed by atoms with Gasteiger partial charge in [0.15, 0.2) is 5.78 Å². The molecule has 24 heavy (non-hydrogen) atoms. The fourth-order valence-corrected chi connectivity index (χ4v) is 3.18. The van der Waals surface area contributed by atoms with Crippen molar-refractivity contribution in [3.63, 3.8) is 0 Å². The average molecular weight is 366 g/mol. The summed E-state index contributed by atoms with van der Waals surface area (Å²) < 4.78 is 0. The largest absolute Gasteiger partial charge is 0.387 e. The molecule has 128 valence electrons. The van der Waals surface area contributed by atoms with Crippen LogP contribution >= 0.6 is 24.0 Å². The first-order valence-corrected chi connectivity index (χ1v) is 8.29. The van der Waals surface area contributed by atoms with Crippen LogP contribution in [0.1, 0.15) is 34.0 Å². The van der Waals surface area contributed by atoms with E-state index in [0.717, 1.165) is 29.5 Å². The highest BCUT2D eigenvalue weighted by Crippen LogP contribution is 2.25. The van der Waals surface area contributed by atoms with Crippen LogP contribution in [0.15, 0.2) is 48.5 Å². The second-order valence-electron chi connectivity index (χ2n) is 5.98. The van der Waals surface area contributed by atoms with E-state index in [1.165, 1.54) is 0 Å². The van der Waals surface area contributed by atoms with Crippen molar-refractivity contribution < 1.29 is 9.90 Å². The molecule has 5 heteroatoms. The second-order valence-corrected chi connectivity index (χ2v) is 6.42. The van der Waals surface area contributed by atoms with Crippen LogP contribution in [0.3, 0.4) is 0 Å². The molecule has 0 saturated heterocycles. The van der Waals surface area contributed by atoms with Crippen LogP contribution in [0, 0.1) is 5.92 Å². The first-order valence-electron chi connectivity index (χ1n) is 7.91. The van der Waals surface area contributed by atoms with Crippen molar-refractivity contribution in [1.29, 1.82) is 0 Å². The quantitative estimate of drug-likeness (QED) is 0.846. The number of nitrogens with one attached hydrogen (secondary N) is 1. The van der Waals surface area contributed by atoms with Gasteiger partial charge in [-0.25, -0.2) is 0 Å². The normalized spacial score (nSPS) is 17.8. The molecule has 0 aliphatic heterocycles. The Morgan fingerprint density at radius 3 is 2.62 bits per heavy atom. The highest BCUT2D eigenvalue weighted by molar-refractivity contribution is 6.30. The van der Waals surface area contributed by atoms with E-state index in [0.29, 0.717) is 18.1 Å². The topological polar surface area (TPSA) is 49.3 Å². The number of fused-ring (bicyclic) bond motifs is 1. The zero-order chi connectivity index (χ0) is 16.2. The zero-order valence-corrected chi connectivity index (χ0v) is 14.8. The Hall–Kier alpha value is -1.39. The summed E-state index contributed by atoms with van der Waals surface area (Å²) in [6, 6.07) is 15.0. The van der Waals surface area contributed by atoms with E-state index >= 15 is 0 Å². The SMILES string of the molecule is Cl.O=C1c2ccccc2CCC1CNCC(O)c1ccc(Cl)cc1. The molecule has 0 bridgehead atoms. The van der Waals surface area contributed by atoms with Crippen molar-refractivity contribution in [3.05, 3.63) is 70.2 Å². The number of carbonyl (C=O) groups excluding carboxylic acids is 1. The molecular weight excluding hydrogens is 345 g/mol. The third-order valence-corrected chi connectivity index (χ3v) is 4.65. The summed E-state index contributed by atoms with van der Waals surface area (Å²) in [5.74, 6) is 0.197. The minimum absolute atomic E-state index is 0. The maximum absolute atomic E-state index is 12.5. The van der Waals surface area contributed by atoms with Crippen LogP contribution in [0.25, 0.3) is 0 Å². The number of aryl methyl sites for hydroxylation is 1. The van der Waals surface area contributed by atoms with Gasteiger partial charge in [-0.1, -0.05) is 48.0 Å². The summed E-state index contributed by atoms with van der Waals surface area (Å²) in [5.41, 5.74) is 2.82. The Labute approximate surface area is 153 Å². The minimum atomic E-state index is -0.599. The summed E-state index contributed by atoms with van der Waals surface area (Å²) >= 11 is 5.84. The summed E-state index contributed by atoms with van der Waals surface area (Å²) in [6.07, 6.45) is 1.20. The van der Waals surface area contributed by atoms with Crippen LogP contribution in [0.5, 0.6) is 0 Å². The van der Waals surface area contributed by atoms with Crippen LogP contribution in [-0.2, 0) is 6.42 Å². The maximum atomic E-state index is 12.5. The molecule has 2 aromatic rings. The number of carbonyl (C=O) groups is 1. The van der Waals surface area contributed by atoms with E-state index in [9.17, 15) is 9.90 Å². The van der Waals surface area contributed by atoms with Gasteiger partial charge in [0.2, 0.25) is 0 Å². The highest BCUT2D eigenvalue weighted by Gasteiger charge is 2.26. The van der Waals surface area contributed by atoms with E-state index in [2.05, 4.69) is 5.32 Å². The smallest absolute Gasteiger partial charge is 0.167 e. The minimum Gasteiger partial charge on any atom is -0.387 e. The number of rotatable bonds is 5. The van der Waals surface area contributed by atoms with Gasteiger partial charge in [0.1, 0.15) is 0 Å². The molecule has 3 rings (SSSR count). The van der Waals surface area contributed by atoms with Gasteiger partial charge in [-0.15, -0.1) is 12.4 Å². The summed E-state index contributed by atoms with van der Waals surface area (Å²) in [4.78, 5) is 12.5. The number of hydrogen-bond donors (Lipinski definition) is 2. The van der Waals surface area contributed by atoms with E-state index in [1.807, 2.05) is 36.4 Å². The molecule has 2 atom stereocenters. The van der Waals surface area contributed by atoms with Crippen LogP contribution in [0.4, 0.5) is 0 Å². The van der Waals surface area contributed by atoms with Crippen molar-refractivity contribution in [2.45, 2.75) is 18.9 Å². The summed E-state index contributed by atoms with van der Waals surface area (Å²) in [5, 5.41) is 14.1. The van der Waals surface area contributed by atoms with Gasteiger partial charge in [-0.3, -0.25) is 4.79 Å². The zero-order valence-electron chi connectivity index (χ0n) is 13.2. The molecule has 2 unspecified atom stereocenters. The van der Waals surface area contributed by atoms with Crippen molar-refractivity contribution in [2.75, 3.05) is 13.1 Å². The lowest BCUT2D eigenvalue weighted by atomic mass is 9.83. The average Bonchev–Trinajstić information content (AvgIpc) is 2.57. The Kier molecular flexibility index (Phi) is 6.81. The van der Waals surface area contributed by atoms with Gasteiger partial charge in [0.25, 0.3) is 0 Å². The van der Waals surface area contributed by atoms with Gasteiger partial charge in [0.05, 0.1) is 6.10 Å². The van der Waals surface area contributed by atoms with Gasteiger partial charge in [0, 0.05) is 29.6 Å². The van der Waals surface area contributed by atoms with Crippen molar-refractivity contribution in [2.24, 2.45) is 5.92 Å². The molecule has 0 radical (unpaired) electrons. The summed E-state index contributed by atoms with van der Waals surface area (Å²) in [6.45, 7) is 1.02. The standard InChI is InChI=1S/C19H20ClNO2.ClH/c20-16-9-7-14(8-10-16)18(22)12-21-11-15-6-5-13-3-1-2-4-17(13)19(15)23;/h1-4,7-10,15,18,21-22H,5-6,11-12H2;1H. The Morgan fingerprint density at radius 1 is 1.17 bits per heavy atom. The lowest BCUT2D eigenvalue weighted by Crippen LogP contribution is -2.34. The van der Waals surface area contributed by atoms with E-state index in [4.69, 9.17) is 11.6 Å². The Bertz CT molecular complexity index is 688. The number of Topliss-reactive ketones (excluding diaryl/α,β-unsaturated/α-hetero) is 1. The fourth-order valence-electron chi connectivity index (χ4n) is 3.05. The number of aliphatic hydroxyl groups is 1. The molecule has 1 aliphatic rings.